The molecule has 0 amide bonds. The van der Waals surface area contributed by atoms with Gasteiger partial charge in [0.2, 0.25) is 0 Å². The van der Waals surface area contributed by atoms with Crippen molar-refractivity contribution in [3.05, 3.63) is 122 Å². The maximum atomic E-state index is 4.97. The summed E-state index contributed by atoms with van der Waals surface area (Å²) in [6.07, 6.45) is 20.3. The van der Waals surface area contributed by atoms with Crippen molar-refractivity contribution in [2.75, 3.05) is 10.6 Å². The molecule has 0 radical (unpaired) electrons. The van der Waals surface area contributed by atoms with Gasteiger partial charge in [-0.2, -0.15) is 0 Å². The lowest BCUT2D eigenvalue weighted by Crippen LogP contribution is -2.30. The molecule has 0 spiro atoms. The summed E-state index contributed by atoms with van der Waals surface area (Å²) in [5.74, 6) is 0. The molecule has 2 fully saturated rings. The van der Waals surface area contributed by atoms with Gasteiger partial charge in [-0.25, -0.2) is 0 Å². The van der Waals surface area contributed by atoms with Crippen LogP contribution in [-0.4, -0.2) is 31.3 Å². The number of rotatable bonds is 2. The summed E-state index contributed by atoms with van der Waals surface area (Å²) in [6.45, 7) is 0. The fraction of sp³-hybridized carbons (Fsp3) is 0.250. The van der Waals surface area contributed by atoms with Crippen LogP contribution in [0.3, 0.4) is 0 Å². The minimum Gasteiger partial charge on any atom is -0.354 e. The van der Waals surface area contributed by atoms with Crippen LogP contribution in [0.4, 0.5) is 22.7 Å². The third-order valence-corrected chi connectivity index (χ3v) is 18.4. The Morgan fingerprint density at radius 1 is 0.375 bits per heavy atom. The van der Waals surface area contributed by atoms with Crippen molar-refractivity contribution >= 4 is 103 Å². The van der Waals surface area contributed by atoms with Crippen molar-refractivity contribution in [3.63, 3.8) is 0 Å². The summed E-state index contributed by atoms with van der Waals surface area (Å²) in [5, 5.41) is 18.7. The van der Waals surface area contributed by atoms with E-state index in [4.69, 9.17) is 19.9 Å². The highest BCUT2D eigenvalue weighted by molar-refractivity contribution is 7.75. The van der Waals surface area contributed by atoms with E-state index in [1.807, 2.05) is 24.8 Å². The maximum absolute atomic E-state index is 4.97. The Hall–Kier alpha value is -5.02. The lowest BCUT2D eigenvalue weighted by atomic mass is 10.0. The Morgan fingerprint density at radius 3 is 1.09 bits per heavy atom. The first-order valence-corrected chi connectivity index (χ1v) is 23.2. The molecule has 6 nitrogen and oxygen atoms in total. The third-order valence-electron chi connectivity index (χ3n) is 12.3. The van der Waals surface area contributed by atoms with Gasteiger partial charge in [0.15, 0.2) is 0 Å². The van der Waals surface area contributed by atoms with Gasteiger partial charge in [-0.05, 0) is 126 Å². The van der Waals surface area contributed by atoms with Crippen LogP contribution in [0.15, 0.2) is 122 Å². The van der Waals surface area contributed by atoms with Gasteiger partial charge in [0.25, 0.3) is 0 Å². The number of anilines is 4. The number of benzene rings is 4. The number of hydrogen-bond acceptors (Lipinski definition) is 6. The molecule has 56 heavy (non-hydrogen) atoms. The zero-order chi connectivity index (χ0) is 37.0. The van der Waals surface area contributed by atoms with Gasteiger partial charge in [-0.15, -0.1) is 0 Å². The van der Waals surface area contributed by atoms with Crippen molar-refractivity contribution in [3.8, 4) is 0 Å². The molecule has 8 aromatic rings. The molecule has 2 N–H and O–H groups in total. The topological polar surface area (TPSA) is 75.6 Å². The molecule has 2 aliphatic carbocycles. The SMILES string of the molecule is c1cnc2cc3c(cc2c1)P(C1CCCCC1)c1cc2ncccc2cc1Nc1cc2cccnc2cc1P(C1CCCCC1)c1cc2cccnc2cc1N3. The van der Waals surface area contributed by atoms with Crippen LogP contribution in [0.1, 0.15) is 64.2 Å². The predicted molar refractivity (Wildman–Crippen MR) is 240 cm³/mol. The van der Waals surface area contributed by atoms with Gasteiger partial charge in [-0.1, -0.05) is 62.8 Å². The van der Waals surface area contributed by atoms with Crippen molar-refractivity contribution < 1.29 is 0 Å². The second-order valence-corrected chi connectivity index (χ2v) is 20.7. The highest BCUT2D eigenvalue weighted by Gasteiger charge is 2.35. The van der Waals surface area contributed by atoms with Crippen molar-refractivity contribution in [2.45, 2.75) is 75.5 Å². The van der Waals surface area contributed by atoms with Crippen LogP contribution >= 0.6 is 15.8 Å². The monoisotopic (exact) mass is 766 g/mol. The van der Waals surface area contributed by atoms with E-state index in [1.54, 1.807) is 0 Å². The van der Waals surface area contributed by atoms with Crippen LogP contribution in [-0.2, 0) is 0 Å². The van der Waals surface area contributed by atoms with Crippen molar-refractivity contribution in [2.24, 2.45) is 0 Å². The summed E-state index contributed by atoms with van der Waals surface area (Å²) in [5.41, 5.74) is 9.93. The quantitative estimate of drug-likeness (QED) is 0.171. The van der Waals surface area contributed by atoms with E-state index in [1.165, 1.54) is 108 Å². The van der Waals surface area contributed by atoms with Crippen LogP contribution in [0, 0.1) is 0 Å². The normalized spacial score (nSPS) is 19.2. The van der Waals surface area contributed by atoms with E-state index in [0.29, 0.717) is 11.3 Å². The van der Waals surface area contributed by atoms with Crippen LogP contribution in [0.2, 0.25) is 0 Å². The summed E-state index contributed by atoms with van der Waals surface area (Å²) < 4.78 is 0. The summed E-state index contributed by atoms with van der Waals surface area (Å²) in [4.78, 5) is 19.8. The average molecular weight is 767 g/mol. The second-order valence-electron chi connectivity index (χ2n) is 15.8. The van der Waals surface area contributed by atoms with E-state index in [0.717, 1.165) is 44.2 Å². The van der Waals surface area contributed by atoms with E-state index in [9.17, 15) is 0 Å². The zero-order valence-electron chi connectivity index (χ0n) is 31.5. The first kappa shape index (κ1) is 34.2. The molecule has 1 aliphatic heterocycles. The number of nitrogens with zero attached hydrogens (tertiary/aromatic N) is 4. The molecule has 8 heteroatoms. The predicted octanol–water partition coefficient (Wildman–Crippen LogP) is 11.2. The van der Waals surface area contributed by atoms with Gasteiger partial charge >= 0.3 is 0 Å². The Balaban J connectivity index is 1.27. The van der Waals surface area contributed by atoms with E-state index in [2.05, 4.69) is 108 Å². The molecule has 2 atom stereocenters. The summed E-state index contributed by atoms with van der Waals surface area (Å²) in [6, 6.07) is 36.4. The Labute approximate surface area is 330 Å². The van der Waals surface area contributed by atoms with Crippen LogP contribution < -0.4 is 31.9 Å². The molecule has 0 saturated heterocycles. The number of fused-ring (bicyclic) bond motifs is 8. The third kappa shape index (κ3) is 6.19. The molecular formula is C48H44N6P2. The summed E-state index contributed by atoms with van der Waals surface area (Å²) >= 11 is 0. The molecule has 5 heterocycles. The number of hydrogen-bond donors (Lipinski definition) is 2. The minimum absolute atomic E-state index is 0.537. The number of aromatic nitrogens is 4. The summed E-state index contributed by atoms with van der Waals surface area (Å²) in [7, 11) is -1.69. The Morgan fingerprint density at radius 2 is 0.696 bits per heavy atom. The molecule has 11 rings (SSSR count). The van der Waals surface area contributed by atoms with Gasteiger partial charge in [0.05, 0.1) is 22.1 Å². The number of nitrogens with one attached hydrogen (secondary N) is 2. The number of pyridine rings is 4. The van der Waals surface area contributed by atoms with Crippen molar-refractivity contribution in [1.82, 2.24) is 19.9 Å². The Bertz CT molecular complexity index is 2410. The average Bonchev–Trinajstić information content (AvgIpc) is 3.25. The molecule has 4 aromatic carbocycles. The van der Waals surface area contributed by atoms with Gasteiger partial charge < -0.3 is 10.6 Å². The van der Waals surface area contributed by atoms with Crippen LogP contribution in [0.25, 0.3) is 43.6 Å². The smallest absolute Gasteiger partial charge is 0.0723 e. The molecule has 2 unspecified atom stereocenters. The molecule has 4 aromatic heterocycles. The van der Waals surface area contributed by atoms with Crippen LogP contribution in [0.5, 0.6) is 0 Å². The van der Waals surface area contributed by atoms with E-state index < -0.39 is 15.8 Å². The lowest BCUT2D eigenvalue weighted by molar-refractivity contribution is 0.513. The van der Waals surface area contributed by atoms with E-state index >= 15 is 0 Å². The van der Waals surface area contributed by atoms with Gasteiger partial charge in [-0.3, -0.25) is 19.9 Å². The lowest BCUT2D eigenvalue weighted by Gasteiger charge is -2.37. The standard InChI is InChI=1S/C48H44N6P2/c1-3-15-35(16-4-1)55-45-25-33-13-9-19-49-37(33)27-43(45)54-44-28-38-34(14-10-20-50-38)26-46(44)56(36-17-5-2-6-18-36)48-30-40-32(12-8-22-52-40)24-42(48)53-41-23-31-11-7-21-51-39(31)29-47(41)55/h7-14,19-30,35-36,53-54H,1-6,15-18H2. The van der Waals surface area contributed by atoms with Gasteiger partial charge in [0.1, 0.15) is 0 Å². The van der Waals surface area contributed by atoms with Crippen molar-refractivity contribution in [1.29, 1.82) is 0 Å². The maximum Gasteiger partial charge on any atom is 0.0723 e. The second kappa shape index (κ2) is 14.5. The first-order chi connectivity index (χ1) is 27.7. The molecule has 0 bridgehead atoms. The fourth-order valence-corrected chi connectivity index (χ4v) is 16.1. The molecule has 276 valence electrons. The molecule has 3 aliphatic rings. The highest BCUT2D eigenvalue weighted by Crippen LogP contribution is 2.54. The van der Waals surface area contributed by atoms with Gasteiger partial charge in [0, 0.05) is 90.3 Å². The Kier molecular flexibility index (Phi) is 8.86. The minimum atomic E-state index is -0.847. The highest BCUT2D eigenvalue weighted by atomic mass is 31.1. The molecule has 2 saturated carbocycles. The fourth-order valence-electron chi connectivity index (χ4n) is 9.65. The van der Waals surface area contributed by atoms with E-state index in [-0.39, 0.29) is 0 Å². The largest absolute Gasteiger partial charge is 0.354 e. The zero-order valence-corrected chi connectivity index (χ0v) is 33.2. The first-order valence-electron chi connectivity index (χ1n) is 20.4. The molecular weight excluding hydrogens is 723 g/mol.